The first-order valence-corrected chi connectivity index (χ1v) is 5.13. The quantitative estimate of drug-likeness (QED) is 0.784. The van der Waals surface area contributed by atoms with Crippen molar-refractivity contribution in [3.8, 4) is 0 Å². The fourth-order valence-corrected chi connectivity index (χ4v) is 1.76. The van der Waals surface area contributed by atoms with Gasteiger partial charge in [-0.3, -0.25) is 0 Å². The Morgan fingerprint density at radius 3 is 3.00 bits per heavy atom. The van der Waals surface area contributed by atoms with E-state index in [1.807, 2.05) is 10.8 Å². The molecule has 3 nitrogen and oxygen atoms in total. The molecule has 1 N–H and O–H groups in total. The van der Waals surface area contributed by atoms with E-state index in [1.165, 1.54) is 0 Å². The zero-order valence-corrected chi connectivity index (χ0v) is 8.46. The van der Waals surface area contributed by atoms with E-state index in [2.05, 4.69) is 17.2 Å². The molecule has 1 aliphatic rings. The molecule has 2 heterocycles. The van der Waals surface area contributed by atoms with Crippen molar-refractivity contribution in [1.82, 2.24) is 14.9 Å². The third kappa shape index (κ3) is 1.80. The third-order valence-electron chi connectivity index (χ3n) is 2.62. The van der Waals surface area contributed by atoms with E-state index in [-0.39, 0.29) is 0 Å². The number of aryl methyl sites for hydroxylation is 1. The lowest BCUT2D eigenvalue weighted by Gasteiger charge is -2.34. The second-order valence-corrected chi connectivity index (χ2v) is 3.97. The SMILES string of the molecule is CCCn1ccnc1CC1(F)CNC1. The molecule has 0 amide bonds. The molecule has 1 fully saturated rings. The molecule has 4 heteroatoms. The van der Waals surface area contributed by atoms with E-state index in [0.717, 1.165) is 18.8 Å². The number of imidazole rings is 1. The molecule has 0 aromatic carbocycles. The molecule has 1 aromatic heterocycles. The van der Waals surface area contributed by atoms with E-state index in [4.69, 9.17) is 0 Å². The Hall–Kier alpha value is -0.900. The maximum atomic E-state index is 13.8. The minimum Gasteiger partial charge on any atom is -0.335 e. The highest BCUT2D eigenvalue weighted by molar-refractivity contribution is 5.04. The molecule has 0 saturated carbocycles. The van der Waals surface area contributed by atoms with E-state index >= 15 is 0 Å². The van der Waals surface area contributed by atoms with Gasteiger partial charge in [-0.1, -0.05) is 6.92 Å². The van der Waals surface area contributed by atoms with Crippen molar-refractivity contribution in [2.45, 2.75) is 32.0 Å². The summed E-state index contributed by atoms with van der Waals surface area (Å²) in [5.74, 6) is 0.871. The van der Waals surface area contributed by atoms with Gasteiger partial charge in [0, 0.05) is 38.4 Å². The molecular weight excluding hydrogens is 181 g/mol. The van der Waals surface area contributed by atoms with Crippen LogP contribution >= 0.6 is 0 Å². The van der Waals surface area contributed by atoms with Crippen LogP contribution in [-0.2, 0) is 13.0 Å². The van der Waals surface area contributed by atoms with Gasteiger partial charge >= 0.3 is 0 Å². The molecular formula is C10H16FN3. The number of hydrogen-bond donors (Lipinski definition) is 1. The number of nitrogens with zero attached hydrogens (tertiary/aromatic N) is 2. The average molecular weight is 197 g/mol. The van der Waals surface area contributed by atoms with Crippen LogP contribution in [0.5, 0.6) is 0 Å². The first-order valence-electron chi connectivity index (χ1n) is 5.13. The predicted octanol–water partition coefficient (Wildman–Crippen LogP) is 1.15. The first-order chi connectivity index (χ1) is 6.73. The fraction of sp³-hybridized carbons (Fsp3) is 0.700. The van der Waals surface area contributed by atoms with Crippen molar-refractivity contribution in [2.75, 3.05) is 13.1 Å². The Bertz CT molecular complexity index is 304. The summed E-state index contributed by atoms with van der Waals surface area (Å²) >= 11 is 0. The highest BCUT2D eigenvalue weighted by atomic mass is 19.1. The lowest BCUT2D eigenvalue weighted by Crippen LogP contribution is -2.57. The second kappa shape index (κ2) is 3.69. The minimum atomic E-state index is -1.06. The van der Waals surface area contributed by atoms with Gasteiger partial charge in [-0.05, 0) is 6.42 Å². The largest absolute Gasteiger partial charge is 0.335 e. The minimum absolute atomic E-state index is 0.438. The molecule has 78 valence electrons. The monoisotopic (exact) mass is 197 g/mol. The Balaban J connectivity index is 2.04. The maximum absolute atomic E-state index is 13.8. The fourth-order valence-electron chi connectivity index (χ4n) is 1.76. The molecule has 0 spiro atoms. The summed E-state index contributed by atoms with van der Waals surface area (Å²) < 4.78 is 15.8. The van der Waals surface area contributed by atoms with Gasteiger partial charge in [0.25, 0.3) is 0 Å². The number of alkyl halides is 1. The van der Waals surface area contributed by atoms with Gasteiger partial charge in [0.1, 0.15) is 11.5 Å². The first kappa shape index (κ1) is 9.65. The summed E-state index contributed by atoms with van der Waals surface area (Å²) in [5.41, 5.74) is -1.06. The molecule has 2 rings (SSSR count). The molecule has 1 saturated heterocycles. The smallest absolute Gasteiger partial charge is 0.142 e. The van der Waals surface area contributed by atoms with E-state index in [9.17, 15) is 4.39 Å². The second-order valence-electron chi connectivity index (χ2n) is 3.97. The zero-order chi connectivity index (χ0) is 10.0. The molecule has 1 aromatic rings. The summed E-state index contributed by atoms with van der Waals surface area (Å²) in [6, 6.07) is 0. The number of nitrogens with one attached hydrogen (secondary N) is 1. The van der Waals surface area contributed by atoms with Crippen molar-refractivity contribution >= 4 is 0 Å². The number of hydrogen-bond acceptors (Lipinski definition) is 2. The highest BCUT2D eigenvalue weighted by Crippen LogP contribution is 2.21. The predicted molar refractivity (Wildman–Crippen MR) is 52.9 cm³/mol. The Morgan fingerprint density at radius 1 is 1.64 bits per heavy atom. The lowest BCUT2D eigenvalue weighted by molar-refractivity contribution is 0.0877. The topological polar surface area (TPSA) is 29.9 Å². The molecule has 0 radical (unpaired) electrons. The van der Waals surface area contributed by atoms with Gasteiger partial charge < -0.3 is 9.88 Å². The third-order valence-corrected chi connectivity index (χ3v) is 2.62. The Kier molecular flexibility index (Phi) is 2.54. The number of aromatic nitrogens is 2. The van der Waals surface area contributed by atoms with E-state index in [1.54, 1.807) is 6.20 Å². The van der Waals surface area contributed by atoms with E-state index < -0.39 is 5.67 Å². The lowest BCUT2D eigenvalue weighted by atomic mass is 9.95. The average Bonchev–Trinajstić information content (AvgIpc) is 2.51. The van der Waals surface area contributed by atoms with Crippen LogP contribution in [-0.4, -0.2) is 28.3 Å². The highest BCUT2D eigenvalue weighted by Gasteiger charge is 2.38. The Morgan fingerprint density at radius 2 is 2.43 bits per heavy atom. The molecule has 0 aliphatic carbocycles. The van der Waals surface area contributed by atoms with Crippen LogP contribution in [0.25, 0.3) is 0 Å². The van der Waals surface area contributed by atoms with Crippen molar-refractivity contribution in [3.63, 3.8) is 0 Å². The van der Waals surface area contributed by atoms with Crippen LogP contribution in [0.2, 0.25) is 0 Å². The van der Waals surface area contributed by atoms with Gasteiger partial charge in [-0.2, -0.15) is 0 Å². The van der Waals surface area contributed by atoms with Crippen molar-refractivity contribution in [3.05, 3.63) is 18.2 Å². The summed E-state index contributed by atoms with van der Waals surface area (Å²) in [5, 5.41) is 2.95. The molecule has 0 unspecified atom stereocenters. The van der Waals surface area contributed by atoms with Crippen molar-refractivity contribution in [2.24, 2.45) is 0 Å². The molecule has 0 bridgehead atoms. The van der Waals surface area contributed by atoms with Crippen LogP contribution in [0.4, 0.5) is 4.39 Å². The molecule has 14 heavy (non-hydrogen) atoms. The summed E-state index contributed by atoms with van der Waals surface area (Å²) in [7, 11) is 0. The zero-order valence-electron chi connectivity index (χ0n) is 8.46. The number of rotatable bonds is 4. The van der Waals surface area contributed by atoms with Crippen LogP contribution in [0, 0.1) is 0 Å². The van der Waals surface area contributed by atoms with Crippen LogP contribution in [0.15, 0.2) is 12.4 Å². The van der Waals surface area contributed by atoms with Crippen molar-refractivity contribution in [1.29, 1.82) is 0 Å². The summed E-state index contributed by atoms with van der Waals surface area (Å²) in [6.07, 6.45) is 5.17. The van der Waals surface area contributed by atoms with Gasteiger partial charge in [0.15, 0.2) is 0 Å². The summed E-state index contributed by atoms with van der Waals surface area (Å²) in [4.78, 5) is 4.20. The summed E-state index contributed by atoms with van der Waals surface area (Å²) in [6.45, 7) is 3.97. The standard InChI is InChI=1S/C10H16FN3/c1-2-4-14-5-3-13-9(14)6-10(11)7-12-8-10/h3,5,12H,2,4,6-8H2,1H3. The van der Waals surface area contributed by atoms with Gasteiger partial charge in [0.2, 0.25) is 0 Å². The molecule has 0 atom stereocenters. The van der Waals surface area contributed by atoms with Crippen LogP contribution < -0.4 is 5.32 Å². The maximum Gasteiger partial charge on any atom is 0.142 e. The van der Waals surface area contributed by atoms with Crippen LogP contribution in [0.3, 0.4) is 0 Å². The van der Waals surface area contributed by atoms with Gasteiger partial charge in [0.05, 0.1) is 0 Å². The number of halogens is 1. The van der Waals surface area contributed by atoms with Crippen molar-refractivity contribution < 1.29 is 4.39 Å². The van der Waals surface area contributed by atoms with Gasteiger partial charge in [-0.25, -0.2) is 9.37 Å². The molecule has 1 aliphatic heterocycles. The van der Waals surface area contributed by atoms with E-state index in [0.29, 0.717) is 19.5 Å². The normalized spacial score (nSPS) is 19.3. The van der Waals surface area contributed by atoms with Crippen LogP contribution in [0.1, 0.15) is 19.2 Å². The Labute approximate surface area is 83.3 Å². The van der Waals surface area contributed by atoms with Gasteiger partial charge in [-0.15, -0.1) is 0 Å².